The van der Waals surface area contributed by atoms with Crippen LogP contribution < -0.4 is 0 Å². The molecular formula is C15H22O3. The van der Waals surface area contributed by atoms with Crippen LogP contribution in [0.15, 0.2) is 24.3 Å². The second-order valence-corrected chi connectivity index (χ2v) is 4.68. The van der Waals surface area contributed by atoms with Gasteiger partial charge in [0.05, 0.1) is 12.7 Å². The van der Waals surface area contributed by atoms with Crippen LogP contribution in [0.4, 0.5) is 0 Å². The smallest absolute Gasteiger partial charge is 0.305 e. The molecule has 1 aromatic carbocycles. The van der Waals surface area contributed by atoms with Gasteiger partial charge in [-0.1, -0.05) is 38.1 Å². The van der Waals surface area contributed by atoms with Crippen LogP contribution in [0.1, 0.15) is 56.8 Å². The third-order valence-electron chi connectivity index (χ3n) is 2.92. The quantitative estimate of drug-likeness (QED) is 0.789. The van der Waals surface area contributed by atoms with Crippen molar-refractivity contribution in [2.24, 2.45) is 0 Å². The van der Waals surface area contributed by atoms with Crippen molar-refractivity contribution >= 4 is 5.97 Å². The Balaban J connectivity index is 2.51. The molecular weight excluding hydrogens is 228 g/mol. The summed E-state index contributed by atoms with van der Waals surface area (Å²) in [5.74, 6) is 0.228. The molecule has 0 amide bonds. The Labute approximate surface area is 109 Å². The van der Waals surface area contributed by atoms with Crippen LogP contribution in [-0.4, -0.2) is 17.7 Å². The van der Waals surface area contributed by atoms with E-state index >= 15 is 0 Å². The van der Waals surface area contributed by atoms with Gasteiger partial charge in [0.25, 0.3) is 0 Å². The fourth-order valence-corrected chi connectivity index (χ4v) is 1.76. The van der Waals surface area contributed by atoms with E-state index in [2.05, 4.69) is 13.8 Å². The Morgan fingerprint density at radius 1 is 1.22 bits per heavy atom. The minimum atomic E-state index is -0.601. The minimum absolute atomic E-state index is 0.251. The zero-order chi connectivity index (χ0) is 13.5. The van der Waals surface area contributed by atoms with Crippen molar-refractivity contribution < 1.29 is 14.6 Å². The molecule has 1 rings (SSSR count). The van der Waals surface area contributed by atoms with Crippen molar-refractivity contribution in [3.05, 3.63) is 35.4 Å². The number of ether oxygens (including phenoxy) is 1. The lowest BCUT2D eigenvalue weighted by Crippen LogP contribution is -2.07. The lowest BCUT2D eigenvalue weighted by Gasteiger charge is -2.12. The molecule has 0 heterocycles. The third kappa shape index (κ3) is 4.49. The van der Waals surface area contributed by atoms with Gasteiger partial charge in [0, 0.05) is 6.42 Å². The highest BCUT2D eigenvalue weighted by molar-refractivity contribution is 5.69. The average Bonchev–Trinajstić information content (AvgIpc) is 2.36. The highest BCUT2D eigenvalue weighted by Gasteiger charge is 2.11. The van der Waals surface area contributed by atoms with Gasteiger partial charge in [0.15, 0.2) is 0 Å². The third-order valence-corrected chi connectivity index (χ3v) is 2.92. The van der Waals surface area contributed by atoms with E-state index < -0.39 is 6.10 Å². The summed E-state index contributed by atoms with van der Waals surface area (Å²) in [6.07, 6.45) is 0.0523. The Hall–Kier alpha value is -1.35. The summed E-state index contributed by atoms with van der Waals surface area (Å²) >= 11 is 0. The molecule has 0 bridgehead atoms. The second-order valence-electron chi connectivity index (χ2n) is 4.68. The molecule has 18 heavy (non-hydrogen) atoms. The zero-order valence-corrected chi connectivity index (χ0v) is 11.3. The van der Waals surface area contributed by atoms with E-state index in [1.54, 1.807) is 6.92 Å². The van der Waals surface area contributed by atoms with Gasteiger partial charge >= 0.3 is 5.97 Å². The molecule has 3 nitrogen and oxygen atoms in total. The molecule has 1 atom stereocenters. The maximum absolute atomic E-state index is 11.2. The van der Waals surface area contributed by atoms with Gasteiger partial charge < -0.3 is 9.84 Å². The Morgan fingerprint density at radius 3 is 2.28 bits per heavy atom. The molecule has 0 aliphatic rings. The summed E-state index contributed by atoms with van der Waals surface area (Å²) in [5, 5.41) is 9.96. The van der Waals surface area contributed by atoms with Crippen molar-refractivity contribution in [2.45, 2.75) is 45.6 Å². The molecule has 1 aromatic rings. The lowest BCUT2D eigenvalue weighted by atomic mass is 9.98. The standard InChI is InChI=1S/C15H22O3/c1-4-18-15(17)10-9-14(16)13-7-5-12(6-8-13)11(2)3/h5-8,11,14,16H,4,9-10H2,1-3H3. The molecule has 0 saturated heterocycles. The van der Waals surface area contributed by atoms with Crippen molar-refractivity contribution in [1.82, 2.24) is 0 Å². The SMILES string of the molecule is CCOC(=O)CCC(O)c1ccc(C(C)C)cc1. The van der Waals surface area contributed by atoms with Gasteiger partial charge in [-0.2, -0.15) is 0 Å². The number of rotatable bonds is 6. The normalized spacial score (nSPS) is 12.5. The van der Waals surface area contributed by atoms with Gasteiger partial charge in [0.1, 0.15) is 0 Å². The number of carbonyl (C=O) groups excluding carboxylic acids is 1. The van der Waals surface area contributed by atoms with E-state index in [1.165, 1.54) is 5.56 Å². The molecule has 0 saturated carbocycles. The van der Waals surface area contributed by atoms with E-state index in [4.69, 9.17) is 4.74 Å². The molecule has 3 heteroatoms. The number of hydrogen-bond donors (Lipinski definition) is 1. The van der Waals surface area contributed by atoms with Crippen molar-refractivity contribution in [3.8, 4) is 0 Å². The van der Waals surface area contributed by atoms with Crippen LogP contribution in [0, 0.1) is 0 Å². The molecule has 0 radical (unpaired) electrons. The first-order valence-electron chi connectivity index (χ1n) is 6.48. The van der Waals surface area contributed by atoms with Crippen LogP contribution in [0.3, 0.4) is 0 Å². The van der Waals surface area contributed by atoms with E-state index in [-0.39, 0.29) is 12.4 Å². The number of carbonyl (C=O) groups is 1. The predicted molar refractivity (Wildman–Crippen MR) is 71.4 cm³/mol. The minimum Gasteiger partial charge on any atom is -0.466 e. The van der Waals surface area contributed by atoms with Gasteiger partial charge in [-0.3, -0.25) is 4.79 Å². The van der Waals surface area contributed by atoms with E-state index in [9.17, 15) is 9.90 Å². The fraction of sp³-hybridized carbons (Fsp3) is 0.533. The highest BCUT2D eigenvalue weighted by atomic mass is 16.5. The predicted octanol–water partition coefficient (Wildman–Crippen LogP) is 3.19. The van der Waals surface area contributed by atoms with Gasteiger partial charge in [-0.05, 0) is 30.4 Å². The van der Waals surface area contributed by atoms with Crippen molar-refractivity contribution in [1.29, 1.82) is 0 Å². The zero-order valence-electron chi connectivity index (χ0n) is 11.3. The first kappa shape index (κ1) is 14.7. The van der Waals surface area contributed by atoms with E-state index in [0.29, 0.717) is 18.9 Å². The largest absolute Gasteiger partial charge is 0.466 e. The maximum Gasteiger partial charge on any atom is 0.305 e. The molecule has 1 N–H and O–H groups in total. The Bertz CT molecular complexity index is 368. The number of hydrogen-bond acceptors (Lipinski definition) is 3. The monoisotopic (exact) mass is 250 g/mol. The number of esters is 1. The topological polar surface area (TPSA) is 46.5 Å². The first-order chi connectivity index (χ1) is 8.54. The fourth-order valence-electron chi connectivity index (χ4n) is 1.76. The summed E-state index contributed by atoms with van der Waals surface area (Å²) in [6, 6.07) is 7.89. The molecule has 0 aromatic heterocycles. The van der Waals surface area contributed by atoms with Gasteiger partial charge in [-0.15, -0.1) is 0 Å². The van der Waals surface area contributed by atoms with Crippen molar-refractivity contribution in [2.75, 3.05) is 6.61 Å². The molecule has 0 spiro atoms. The molecule has 100 valence electrons. The maximum atomic E-state index is 11.2. The van der Waals surface area contributed by atoms with Crippen molar-refractivity contribution in [3.63, 3.8) is 0 Å². The van der Waals surface area contributed by atoms with Crippen LogP contribution in [0.25, 0.3) is 0 Å². The van der Waals surface area contributed by atoms with Gasteiger partial charge in [-0.25, -0.2) is 0 Å². The van der Waals surface area contributed by atoms with Crippen LogP contribution in [0.5, 0.6) is 0 Å². The van der Waals surface area contributed by atoms with Crippen LogP contribution in [0.2, 0.25) is 0 Å². The second kappa shape index (κ2) is 7.17. The van der Waals surface area contributed by atoms with E-state index in [1.807, 2.05) is 24.3 Å². The molecule has 0 fully saturated rings. The summed E-state index contributed by atoms with van der Waals surface area (Å²) < 4.78 is 4.83. The average molecular weight is 250 g/mol. The summed E-state index contributed by atoms with van der Waals surface area (Å²) in [5.41, 5.74) is 2.10. The summed E-state index contributed by atoms with van der Waals surface area (Å²) in [7, 11) is 0. The number of aliphatic hydroxyl groups excluding tert-OH is 1. The number of benzene rings is 1. The summed E-state index contributed by atoms with van der Waals surface area (Å²) in [4.78, 5) is 11.2. The molecule has 0 aliphatic carbocycles. The number of aliphatic hydroxyl groups is 1. The Morgan fingerprint density at radius 2 is 1.78 bits per heavy atom. The first-order valence-corrected chi connectivity index (χ1v) is 6.48. The lowest BCUT2D eigenvalue weighted by molar-refractivity contribution is -0.143. The van der Waals surface area contributed by atoms with Crippen LogP contribution >= 0.6 is 0 Å². The van der Waals surface area contributed by atoms with Gasteiger partial charge in [0.2, 0.25) is 0 Å². The molecule has 1 unspecified atom stereocenters. The molecule has 0 aliphatic heterocycles. The summed E-state index contributed by atoms with van der Waals surface area (Å²) in [6.45, 7) is 6.43. The van der Waals surface area contributed by atoms with E-state index in [0.717, 1.165) is 5.56 Å². The van der Waals surface area contributed by atoms with Crippen LogP contribution in [-0.2, 0) is 9.53 Å². The highest BCUT2D eigenvalue weighted by Crippen LogP contribution is 2.21. The Kier molecular flexibility index (Phi) is 5.86.